The Labute approximate surface area is 186 Å². The smallest absolute Gasteiger partial charge is 0.227 e. The second-order valence-electron chi connectivity index (χ2n) is 9.07. The minimum Gasteiger partial charge on any atom is -0.342 e. The number of aromatic nitrogens is 3. The summed E-state index contributed by atoms with van der Waals surface area (Å²) >= 11 is 0. The number of hydrogen-bond acceptors (Lipinski definition) is 5. The molecule has 1 saturated heterocycles. The fraction of sp³-hybridized carbons (Fsp3) is 0.400. The number of Topliss-reactive ketones (excluding diaryl/α,β-unsaturated/α-hetero) is 2. The molecular weight excluding hydrogens is 404 g/mol. The highest BCUT2D eigenvalue weighted by Gasteiger charge is 2.31. The number of hydrogen-bond donors (Lipinski definition) is 0. The third-order valence-electron chi connectivity index (χ3n) is 6.26. The van der Waals surface area contributed by atoms with Crippen molar-refractivity contribution in [1.82, 2.24) is 19.5 Å². The van der Waals surface area contributed by atoms with E-state index in [-0.39, 0.29) is 29.8 Å². The molecule has 7 nitrogen and oxygen atoms in total. The minimum absolute atomic E-state index is 0.0981. The summed E-state index contributed by atoms with van der Waals surface area (Å²) in [5.74, 6) is 1.59. The number of carbonyl (C=O) groups is 3. The summed E-state index contributed by atoms with van der Waals surface area (Å²) in [5.41, 5.74) is 3.54. The lowest BCUT2D eigenvalue weighted by atomic mass is 9.93. The summed E-state index contributed by atoms with van der Waals surface area (Å²) in [5, 5.41) is 4.58. The van der Waals surface area contributed by atoms with Gasteiger partial charge in [0.1, 0.15) is 11.6 Å². The van der Waals surface area contributed by atoms with Crippen molar-refractivity contribution in [1.29, 1.82) is 0 Å². The van der Waals surface area contributed by atoms with Gasteiger partial charge in [0.25, 0.3) is 0 Å². The van der Waals surface area contributed by atoms with Crippen LogP contribution in [0, 0.1) is 11.8 Å². The average molecular weight is 431 g/mol. The first-order valence-electron chi connectivity index (χ1n) is 11.2. The lowest BCUT2D eigenvalue weighted by molar-refractivity contribution is -0.138. The number of benzene rings is 1. The molecule has 0 spiro atoms. The molecule has 164 valence electrons. The van der Waals surface area contributed by atoms with Gasteiger partial charge in [0.2, 0.25) is 5.91 Å². The van der Waals surface area contributed by atoms with Gasteiger partial charge < -0.3 is 9.69 Å². The Morgan fingerprint density at radius 1 is 1.00 bits per heavy atom. The SMILES string of the molecule is CC(=O)CC1CN(C(=O)Cc2ccc(-c3cccc4nc(CC(=O)C5CC5)nn34)cc2)C1. The van der Waals surface area contributed by atoms with Crippen molar-refractivity contribution < 1.29 is 14.4 Å². The molecule has 1 aromatic carbocycles. The quantitative estimate of drug-likeness (QED) is 0.549. The van der Waals surface area contributed by atoms with Crippen LogP contribution in [0.25, 0.3) is 16.9 Å². The van der Waals surface area contributed by atoms with Gasteiger partial charge in [0.05, 0.1) is 18.5 Å². The summed E-state index contributed by atoms with van der Waals surface area (Å²) in [6.45, 7) is 2.95. The summed E-state index contributed by atoms with van der Waals surface area (Å²) in [7, 11) is 0. The van der Waals surface area contributed by atoms with Gasteiger partial charge in [-0.25, -0.2) is 9.50 Å². The Balaban J connectivity index is 1.26. The van der Waals surface area contributed by atoms with E-state index >= 15 is 0 Å². The first kappa shape index (κ1) is 20.5. The first-order valence-corrected chi connectivity index (χ1v) is 11.2. The van der Waals surface area contributed by atoms with E-state index < -0.39 is 0 Å². The molecule has 0 radical (unpaired) electrons. The van der Waals surface area contributed by atoms with E-state index in [0.29, 0.717) is 37.7 Å². The largest absolute Gasteiger partial charge is 0.342 e. The van der Waals surface area contributed by atoms with Gasteiger partial charge >= 0.3 is 0 Å². The summed E-state index contributed by atoms with van der Waals surface area (Å²) in [6, 6.07) is 13.7. The molecule has 2 aromatic heterocycles. The zero-order valence-electron chi connectivity index (χ0n) is 18.2. The summed E-state index contributed by atoms with van der Waals surface area (Å²) in [4.78, 5) is 42.2. The zero-order chi connectivity index (χ0) is 22.2. The molecule has 3 heterocycles. The molecule has 0 atom stereocenters. The van der Waals surface area contributed by atoms with Gasteiger partial charge in [-0.1, -0.05) is 30.3 Å². The van der Waals surface area contributed by atoms with Gasteiger partial charge in [-0.05, 0) is 37.5 Å². The number of ketones is 2. The van der Waals surface area contributed by atoms with Crippen molar-refractivity contribution >= 4 is 23.1 Å². The highest BCUT2D eigenvalue weighted by atomic mass is 16.2. The lowest BCUT2D eigenvalue weighted by Gasteiger charge is -2.39. The Kier molecular flexibility index (Phi) is 5.33. The van der Waals surface area contributed by atoms with Crippen molar-refractivity contribution in [3.05, 3.63) is 53.9 Å². The Morgan fingerprint density at radius 2 is 1.75 bits per heavy atom. The van der Waals surface area contributed by atoms with Crippen molar-refractivity contribution in [3.63, 3.8) is 0 Å². The molecule has 0 bridgehead atoms. The number of carbonyl (C=O) groups excluding carboxylic acids is 3. The van der Waals surface area contributed by atoms with Crippen LogP contribution in [0.15, 0.2) is 42.5 Å². The molecule has 1 aliphatic carbocycles. The van der Waals surface area contributed by atoms with Crippen LogP contribution in [-0.4, -0.2) is 50.1 Å². The van der Waals surface area contributed by atoms with Gasteiger partial charge in [0.15, 0.2) is 11.5 Å². The van der Waals surface area contributed by atoms with Crippen molar-refractivity contribution in [2.75, 3.05) is 13.1 Å². The second-order valence-corrected chi connectivity index (χ2v) is 9.07. The maximum atomic E-state index is 12.5. The molecular formula is C25H26N4O3. The molecule has 5 rings (SSSR count). The van der Waals surface area contributed by atoms with Crippen molar-refractivity contribution in [2.24, 2.45) is 11.8 Å². The molecule has 32 heavy (non-hydrogen) atoms. The second kappa shape index (κ2) is 8.30. The number of rotatable bonds is 8. The van der Waals surface area contributed by atoms with Gasteiger partial charge in [0, 0.05) is 36.9 Å². The fourth-order valence-electron chi connectivity index (χ4n) is 4.34. The van der Waals surface area contributed by atoms with E-state index in [2.05, 4.69) is 10.1 Å². The average Bonchev–Trinajstić information content (AvgIpc) is 3.50. The maximum absolute atomic E-state index is 12.5. The number of likely N-dealkylation sites (tertiary alicyclic amines) is 1. The van der Waals surface area contributed by atoms with Crippen LogP contribution in [0.4, 0.5) is 0 Å². The molecule has 3 aromatic rings. The van der Waals surface area contributed by atoms with Crippen LogP contribution in [0.2, 0.25) is 0 Å². The van der Waals surface area contributed by atoms with Gasteiger partial charge in [-0.2, -0.15) is 5.10 Å². The van der Waals surface area contributed by atoms with Crippen molar-refractivity contribution in [2.45, 2.75) is 39.0 Å². The maximum Gasteiger partial charge on any atom is 0.227 e. The zero-order valence-corrected chi connectivity index (χ0v) is 18.2. The summed E-state index contributed by atoms with van der Waals surface area (Å²) in [6.07, 6.45) is 3.18. The van der Waals surface area contributed by atoms with E-state index in [1.807, 2.05) is 47.4 Å². The number of nitrogens with zero attached hydrogens (tertiary/aromatic N) is 4. The standard InChI is InChI=1S/C25H26N4O3/c1-16(30)11-18-14-28(15-18)25(32)12-17-5-7-19(8-6-17)21-3-2-4-24-26-23(27-29(21)24)13-22(31)20-9-10-20/h2-8,18,20H,9-15H2,1H3. The molecule has 2 fully saturated rings. The van der Waals surface area contributed by atoms with E-state index in [4.69, 9.17) is 0 Å². The minimum atomic E-state index is 0.0981. The molecule has 1 amide bonds. The van der Waals surface area contributed by atoms with E-state index in [1.54, 1.807) is 11.4 Å². The number of amides is 1. The van der Waals surface area contributed by atoms with Crippen LogP contribution in [0.1, 0.15) is 37.6 Å². The van der Waals surface area contributed by atoms with Crippen LogP contribution in [0.3, 0.4) is 0 Å². The molecule has 0 N–H and O–H groups in total. The van der Waals surface area contributed by atoms with Gasteiger partial charge in [-0.15, -0.1) is 0 Å². The molecule has 1 aliphatic heterocycles. The van der Waals surface area contributed by atoms with E-state index in [9.17, 15) is 14.4 Å². The summed E-state index contributed by atoms with van der Waals surface area (Å²) < 4.78 is 1.78. The van der Waals surface area contributed by atoms with Crippen LogP contribution >= 0.6 is 0 Å². The lowest BCUT2D eigenvalue weighted by Crippen LogP contribution is -2.51. The number of pyridine rings is 1. The molecule has 1 saturated carbocycles. The van der Waals surface area contributed by atoms with Crippen LogP contribution < -0.4 is 0 Å². The third kappa shape index (κ3) is 4.33. The van der Waals surface area contributed by atoms with E-state index in [0.717, 1.165) is 35.3 Å². The van der Waals surface area contributed by atoms with Crippen molar-refractivity contribution in [3.8, 4) is 11.3 Å². The fourth-order valence-corrected chi connectivity index (χ4v) is 4.34. The predicted octanol–water partition coefficient (Wildman–Crippen LogP) is 2.90. The Morgan fingerprint density at radius 3 is 2.44 bits per heavy atom. The third-order valence-corrected chi connectivity index (χ3v) is 6.26. The Bertz CT molecular complexity index is 1190. The van der Waals surface area contributed by atoms with E-state index in [1.165, 1.54) is 0 Å². The predicted molar refractivity (Wildman–Crippen MR) is 119 cm³/mol. The topological polar surface area (TPSA) is 84.6 Å². The molecule has 7 heteroatoms. The monoisotopic (exact) mass is 430 g/mol. The molecule has 0 unspecified atom stereocenters. The number of fused-ring (bicyclic) bond motifs is 1. The highest BCUT2D eigenvalue weighted by molar-refractivity contribution is 5.84. The van der Waals surface area contributed by atoms with Gasteiger partial charge in [-0.3, -0.25) is 9.59 Å². The Hall–Kier alpha value is -3.35. The normalized spacial score (nSPS) is 16.2. The highest BCUT2D eigenvalue weighted by Crippen LogP contribution is 2.31. The van der Waals surface area contributed by atoms with Crippen LogP contribution in [-0.2, 0) is 27.2 Å². The van der Waals surface area contributed by atoms with Crippen LogP contribution in [0.5, 0.6) is 0 Å². The molecule has 2 aliphatic rings. The first-order chi connectivity index (χ1) is 15.5.